The number of hydrogen-bond acceptors (Lipinski definition) is 4. The lowest BCUT2D eigenvalue weighted by Crippen LogP contribution is -2.07. The number of nitrogens with zero attached hydrogens (tertiary/aromatic N) is 3. The van der Waals surface area contributed by atoms with Crippen molar-refractivity contribution in [3.8, 4) is 0 Å². The summed E-state index contributed by atoms with van der Waals surface area (Å²) in [6, 6.07) is 3.17. The number of pyridine rings is 1. The first-order chi connectivity index (χ1) is 9.51. The second-order valence-corrected chi connectivity index (χ2v) is 4.72. The summed E-state index contributed by atoms with van der Waals surface area (Å²) in [5, 5.41) is 16.5. The second-order valence-electron chi connectivity index (χ2n) is 4.31. The fourth-order valence-corrected chi connectivity index (χ4v) is 2.09. The van der Waals surface area contributed by atoms with Crippen molar-refractivity contribution in [2.24, 2.45) is 7.05 Å². The first-order valence-electron chi connectivity index (χ1n) is 6.16. The normalized spacial score (nSPS) is 10.6. The lowest BCUT2D eigenvalue weighted by Gasteiger charge is -2.07. The maximum Gasteiger partial charge on any atom is 0.356 e. The number of nitrogens with one attached hydrogen (secondary N) is 1. The third-order valence-electron chi connectivity index (χ3n) is 2.84. The quantitative estimate of drug-likeness (QED) is 0.885. The van der Waals surface area contributed by atoms with Crippen LogP contribution in [0.25, 0.3) is 0 Å². The molecule has 0 aliphatic rings. The fourth-order valence-electron chi connectivity index (χ4n) is 1.91. The van der Waals surface area contributed by atoms with E-state index in [2.05, 4.69) is 15.4 Å². The highest BCUT2D eigenvalue weighted by Gasteiger charge is 2.12. The number of anilines is 1. The van der Waals surface area contributed by atoms with Gasteiger partial charge in [0, 0.05) is 25.4 Å². The Morgan fingerprint density at radius 2 is 2.25 bits per heavy atom. The molecule has 0 unspecified atom stereocenters. The SMILES string of the molecule is CCc1nn(C)cc1CNc1ccc(Cl)c(C(=O)O)n1. The van der Waals surface area contributed by atoms with E-state index < -0.39 is 5.97 Å². The van der Waals surface area contributed by atoms with Crippen LogP contribution in [-0.2, 0) is 20.0 Å². The summed E-state index contributed by atoms with van der Waals surface area (Å²) >= 11 is 5.77. The lowest BCUT2D eigenvalue weighted by atomic mass is 10.2. The third-order valence-corrected chi connectivity index (χ3v) is 3.14. The topological polar surface area (TPSA) is 80.0 Å². The maximum absolute atomic E-state index is 11.0. The molecule has 2 N–H and O–H groups in total. The number of rotatable bonds is 5. The molecule has 0 aliphatic carbocycles. The minimum absolute atomic E-state index is 0.124. The van der Waals surface area contributed by atoms with Gasteiger partial charge in [0.2, 0.25) is 0 Å². The first-order valence-corrected chi connectivity index (χ1v) is 6.54. The Kier molecular flexibility index (Phi) is 4.24. The molecule has 0 aromatic carbocycles. The molecule has 2 rings (SSSR count). The number of aromatic nitrogens is 3. The summed E-state index contributed by atoms with van der Waals surface area (Å²) in [4.78, 5) is 14.9. The molecule has 0 spiro atoms. The minimum Gasteiger partial charge on any atom is -0.476 e. The zero-order chi connectivity index (χ0) is 14.7. The molecule has 0 bridgehead atoms. The van der Waals surface area contributed by atoms with Gasteiger partial charge in [-0.05, 0) is 18.6 Å². The van der Waals surface area contributed by atoms with Crippen LogP contribution in [0.3, 0.4) is 0 Å². The molecule has 7 heteroatoms. The van der Waals surface area contributed by atoms with Gasteiger partial charge in [-0.25, -0.2) is 9.78 Å². The van der Waals surface area contributed by atoms with Crippen molar-refractivity contribution >= 4 is 23.4 Å². The Balaban J connectivity index is 2.14. The fraction of sp³-hybridized carbons (Fsp3) is 0.308. The van der Waals surface area contributed by atoms with E-state index in [0.717, 1.165) is 17.7 Å². The number of carboxylic acids is 1. The number of hydrogen-bond donors (Lipinski definition) is 2. The molecular formula is C13H15ClN4O2. The molecule has 0 atom stereocenters. The summed E-state index contributed by atoms with van der Waals surface area (Å²) in [6.45, 7) is 2.57. The average Bonchev–Trinajstić information content (AvgIpc) is 2.77. The molecule has 0 saturated heterocycles. The highest BCUT2D eigenvalue weighted by molar-refractivity contribution is 6.33. The lowest BCUT2D eigenvalue weighted by molar-refractivity contribution is 0.0691. The van der Waals surface area contributed by atoms with Gasteiger partial charge in [-0.1, -0.05) is 18.5 Å². The highest BCUT2D eigenvalue weighted by atomic mass is 35.5. The van der Waals surface area contributed by atoms with E-state index in [9.17, 15) is 4.79 Å². The van der Waals surface area contributed by atoms with Crippen LogP contribution < -0.4 is 5.32 Å². The van der Waals surface area contributed by atoms with Crippen LogP contribution in [0.4, 0.5) is 5.82 Å². The van der Waals surface area contributed by atoms with E-state index in [4.69, 9.17) is 16.7 Å². The smallest absolute Gasteiger partial charge is 0.356 e. The summed E-state index contributed by atoms with van der Waals surface area (Å²) in [6.07, 6.45) is 2.77. The van der Waals surface area contributed by atoms with Crippen LogP contribution in [0, 0.1) is 0 Å². The number of aryl methyl sites for hydroxylation is 2. The van der Waals surface area contributed by atoms with E-state index >= 15 is 0 Å². The van der Waals surface area contributed by atoms with Crippen molar-refractivity contribution < 1.29 is 9.90 Å². The van der Waals surface area contributed by atoms with Gasteiger partial charge in [0.25, 0.3) is 0 Å². The third kappa shape index (κ3) is 3.08. The summed E-state index contributed by atoms with van der Waals surface area (Å²) < 4.78 is 1.76. The van der Waals surface area contributed by atoms with E-state index in [1.165, 1.54) is 6.07 Å². The molecule has 0 saturated carbocycles. The van der Waals surface area contributed by atoms with Crippen LogP contribution in [0.15, 0.2) is 18.3 Å². The van der Waals surface area contributed by atoms with Crippen LogP contribution in [-0.4, -0.2) is 25.8 Å². The highest BCUT2D eigenvalue weighted by Crippen LogP contribution is 2.17. The first kappa shape index (κ1) is 14.3. The van der Waals surface area contributed by atoms with Crippen LogP contribution in [0.1, 0.15) is 28.7 Å². The van der Waals surface area contributed by atoms with Gasteiger partial charge in [0.05, 0.1) is 10.7 Å². The largest absolute Gasteiger partial charge is 0.476 e. The van der Waals surface area contributed by atoms with Gasteiger partial charge < -0.3 is 10.4 Å². The summed E-state index contributed by atoms with van der Waals surface area (Å²) in [7, 11) is 1.87. The van der Waals surface area contributed by atoms with Gasteiger partial charge in [-0.3, -0.25) is 4.68 Å². The molecule has 2 aromatic rings. The molecule has 2 heterocycles. The minimum atomic E-state index is -1.14. The van der Waals surface area contributed by atoms with Crippen molar-refractivity contribution in [1.82, 2.24) is 14.8 Å². The number of aromatic carboxylic acids is 1. The maximum atomic E-state index is 11.0. The second kappa shape index (κ2) is 5.92. The van der Waals surface area contributed by atoms with E-state index in [1.807, 2.05) is 20.2 Å². The van der Waals surface area contributed by atoms with Crippen molar-refractivity contribution in [3.05, 3.63) is 40.3 Å². The van der Waals surface area contributed by atoms with Gasteiger partial charge in [-0.15, -0.1) is 0 Å². The number of halogens is 1. The van der Waals surface area contributed by atoms with Crippen LogP contribution in [0.5, 0.6) is 0 Å². The molecule has 2 aromatic heterocycles. The Morgan fingerprint density at radius 1 is 1.50 bits per heavy atom. The molecule has 0 aliphatic heterocycles. The molecule has 0 fully saturated rings. The molecule has 106 valence electrons. The Morgan fingerprint density at radius 3 is 2.90 bits per heavy atom. The summed E-state index contributed by atoms with van der Waals surface area (Å²) in [5.41, 5.74) is 1.91. The van der Waals surface area contributed by atoms with E-state index in [1.54, 1.807) is 10.7 Å². The Labute approximate surface area is 121 Å². The Hall–Kier alpha value is -2.08. The molecular weight excluding hydrogens is 280 g/mol. The van der Waals surface area contributed by atoms with E-state index in [0.29, 0.717) is 12.4 Å². The predicted octanol–water partition coefficient (Wildman–Crippen LogP) is 2.34. The zero-order valence-corrected chi connectivity index (χ0v) is 12.0. The Bertz CT molecular complexity index is 639. The average molecular weight is 295 g/mol. The van der Waals surface area contributed by atoms with Crippen molar-refractivity contribution in [2.75, 3.05) is 5.32 Å². The van der Waals surface area contributed by atoms with Crippen molar-refractivity contribution in [2.45, 2.75) is 19.9 Å². The molecule has 0 amide bonds. The van der Waals surface area contributed by atoms with E-state index in [-0.39, 0.29) is 10.7 Å². The molecule has 20 heavy (non-hydrogen) atoms. The van der Waals surface area contributed by atoms with Gasteiger partial charge in [-0.2, -0.15) is 5.10 Å². The monoisotopic (exact) mass is 294 g/mol. The standard InChI is InChI=1S/C13H15ClN4O2/c1-3-10-8(7-18(2)17-10)6-15-11-5-4-9(14)12(16-11)13(19)20/h4-5,7H,3,6H2,1-2H3,(H,15,16)(H,19,20). The van der Waals surface area contributed by atoms with Crippen LogP contribution >= 0.6 is 11.6 Å². The molecule has 0 radical (unpaired) electrons. The number of carbonyl (C=O) groups is 1. The number of carboxylic acid groups (broad SMARTS) is 1. The van der Waals surface area contributed by atoms with Crippen molar-refractivity contribution in [1.29, 1.82) is 0 Å². The molecule has 6 nitrogen and oxygen atoms in total. The van der Waals surface area contributed by atoms with Gasteiger partial charge in [0.1, 0.15) is 5.82 Å². The predicted molar refractivity (Wildman–Crippen MR) is 76.1 cm³/mol. The van der Waals surface area contributed by atoms with Gasteiger partial charge in [0.15, 0.2) is 5.69 Å². The summed E-state index contributed by atoms with van der Waals surface area (Å²) in [5.74, 6) is -0.674. The van der Waals surface area contributed by atoms with Crippen molar-refractivity contribution in [3.63, 3.8) is 0 Å². The zero-order valence-electron chi connectivity index (χ0n) is 11.2. The van der Waals surface area contributed by atoms with Crippen LogP contribution in [0.2, 0.25) is 5.02 Å². The van der Waals surface area contributed by atoms with Gasteiger partial charge >= 0.3 is 5.97 Å².